The van der Waals surface area contributed by atoms with Gasteiger partial charge in [0, 0.05) is 30.6 Å². The van der Waals surface area contributed by atoms with Crippen LogP contribution in [0.3, 0.4) is 0 Å². The van der Waals surface area contributed by atoms with E-state index in [2.05, 4.69) is 10.2 Å². The first-order valence-electron chi connectivity index (χ1n) is 13.2. The molecule has 5 rings (SSSR count). The molecule has 6 nitrogen and oxygen atoms in total. The second-order valence-corrected chi connectivity index (χ2v) is 11.1. The average molecular weight is 547 g/mol. The third-order valence-electron chi connectivity index (χ3n) is 8.20. The zero-order chi connectivity index (χ0) is 25.1. The predicted molar refractivity (Wildman–Crippen MR) is 148 cm³/mol. The summed E-state index contributed by atoms with van der Waals surface area (Å²) in [4.78, 5) is 30.4. The molecule has 2 aliphatic heterocycles. The number of nitrogens with zero attached hydrogens (tertiary/aromatic N) is 2. The van der Waals surface area contributed by atoms with Crippen LogP contribution in [0.15, 0.2) is 48.5 Å². The molecule has 2 aromatic carbocycles. The highest BCUT2D eigenvalue weighted by molar-refractivity contribution is 6.30. The summed E-state index contributed by atoms with van der Waals surface area (Å²) < 4.78 is 5.25. The number of hydrogen-bond acceptors (Lipinski definition) is 4. The van der Waals surface area contributed by atoms with Gasteiger partial charge in [-0.1, -0.05) is 35.9 Å². The van der Waals surface area contributed by atoms with E-state index >= 15 is 0 Å². The number of rotatable bonds is 9. The number of methoxy groups -OCH3 is 1. The third-order valence-corrected chi connectivity index (χ3v) is 8.43. The van der Waals surface area contributed by atoms with Gasteiger partial charge in [0.25, 0.3) is 0 Å². The van der Waals surface area contributed by atoms with Crippen LogP contribution in [0.1, 0.15) is 55.7 Å². The molecule has 0 bridgehead atoms. The van der Waals surface area contributed by atoms with E-state index in [4.69, 9.17) is 16.3 Å². The minimum Gasteiger partial charge on any atom is -0.497 e. The second-order valence-electron chi connectivity index (χ2n) is 10.6. The van der Waals surface area contributed by atoms with Gasteiger partial charge in [-0.05, 0) is 87.0 Å². The van der Waals surface area contributed by atoms with Crippen molar-refractivity contribution < 1.29 is 14.3 Å². The minimum absolute atomic E-state index is 0. The molecule has 37 heavy (non-hydrogen) atoms. The molecule has 1 saturated carbocycles. The molecular formula is C29H37Cl2N3O3. The van der Waals surface area contributed by atoms with Gasteiger partial charge >= 0.3 is 0 Å². The summed E-state index contributed by atoms with van der Waals surface area (Å²) in [5.74, 6) is 1.48. The van der Waals surface area contributed by atoms with Crippen molar-refractivity contribution in [1.29, 1.82) is 0 Å². The minimum atomic E-state index is -0.213. The number of ether oxygens (including phenoxy) is 1. The monoisotopic (exact) mass is 545 g/mol. The van der Waals surface area contributed by atoms with E-state index in [0.717, 1.165) is 81.6 Å². The molecule has 0 unspecified atom stereocenters. The first-order valence-corrected chi connectivity index (χ1v) is 13.5. The second kappa shape index (κ2) is 12.1. The summed E-state index contributed by atoms with van der Waals surface area (Å²) in [6.07, 6.45) is 5.57. The highest BCUT2D eigenvalue weighted by atomic mass is 35.5. The van der Waals surface area contributed by atoms with Crippen molar-refractivity contribution in [3.8, 4) is 5.75 Å². The van der Waals surface area contributed by atoms with Gasteiger partial charge in [0.05, 0.1) is 18.6 Å². The number of likely N-dealkylation sites (tertiary alicyclic amines) is 2. The van der Waals surface area contributed by atoms with E-state index in [1.54, 1.807) is 7.11 Å². The van der Waals surface area contributed by atoms with Crippen molar-refractivity contribution in [3.05, 3.63) is 64.7 Å². The zero-order valence-corrected chi connectivity index (χ0v) is 23.0. The quantitative estimate of drug-likeness (QED) is 0.467. The zero-order valence-electron chi connectivity index (χ0n) is 21.5. The number of carbonyl (C=O) groups is 2. The summed E-state index contributed by atoms with van der Waals surface area (Å²) in [6.45, 7) is 4.22. The van der Waals surface area contributed by atoms with Gasteiger partial charge < -0.3 is 19.9 Å². The van der Waals surface area contributed by atoms with Crippen LogP contribution in [0.5, 0.6) is 5.75 Å². The SMILES string of the molecule is COc1ccc(CN2CCC3(CCN(CC[C@H](NC(=O)C4CC4)c4cccc(Cl)c4)CC3)C2=O)cc1.Cl. The van der Waals surface area contributed by atoms with Crippen molar-refractivity contribution in [2.75, 3.05) is 33.3 Å². The fourth-order valence-corrected chi connectivity index (χ4v) is 5.85. The molecule has 1 atom stereocenters. The van der Waals surface area contributed by atoms with Crippen LogP contribution in [0.4, 0.5) is 0 Å². The Morgan fingerprint density at radius 3 is 2.46 bits per heavy atom. The van der Waals surface area contributed by atoms with Crippen LogP contribution in [0, 0.1) is 11.3 Å². The van der Waals surface area contributed by atoms with Gasteiger partial charge in [0.15, 0.2) is 0 Å². The molecule has 2 heterocycles. The maximum absolute atomic E-state index is 13.4. The maximum atomic E-state index is 13.4. The lowest BCUT2D eigenvalue weighted by molar-refractivity contribution is -0.139. The number of hydrogen-bond donors (Lipinski definition) is 1. The molecule has 2 saturated heterocycles. The lowest BCUT2D eigenvalue weighted by Gasteiger charge is -2.38. The Labute approximate surface area is 231 Å². The first kappa shape index (κ1) is 27.7. The van der Waals surface area contributed by atoms with Crippen molar-refractivity contribution in [3.63, 3.8) is 0 Å². The molecule has 3 aliphatic rings. The van der Waals surface area contributed by atoms with E-state index in [1.165, 1.54) is 0 Å². The number of halogens is 2. The third kappa shape index (κ3) is 6.60. The van der Waals surface area contributed by atoms with Gasteiger partial charge in [-0.2, -0.15) is 0 Å². The molecule has 0 aromatic heterocycles. The Bertz CT molecular complexity index is 1080. The largest absolute Gasteiger partial charge is 0.497 e. The average Bonchev–Trinajstić information content (AvgIpc) is 3.71. The standard InChI is InChI=1S/C29H36ClN3O3.ClH/c1-36-25-9-5-21(6-10-25)20-33-18-14-29(28(33)35)12-16-32(17-13-29)15-11-26(31-27(34)22-7-8-22)23-3-2-4-24(30)19-23;/h2-6,9-10,19,22,26H,7-8,11-18,20H2,1H3,(H,31,34);1H/t26-;/m0./s1. The van der Waals surface area contributed by atoms with Crippen molar-refractivity contribution >= 4 is 35.8 Å². The van der Waals surface area contributed by atoms with E-state index in [1.807, 2.05) is 53.4 Å². The Hall–Kier alpha value is -2.28. The first-order chi connectivity index (χ1) is 17.5. The van der Waals surface area contributed by atoms with Gasteiger partial charge in [0.1, 0.15) is 5.75 Å². The van der Waals surface area contributed by atoms with Crippen molar-refractivity contribution in [1.82, 2.24) is 15.1 Å². The Morgan fingerprint density at radius 2 is 1.81 bits per heavy atom. The smallest absolute Gasteiger partial charge is 0.229 e. The molecular weight excluding hydrogens is 509 g/mol. The molecule has 1 aliphatic carbocycles. The highest BCUT2D eigenvalue weighted by Crippen LogP contribution is 2.42. The topological polar surface area (TPSA) is 61.9 Å². The van der Waals surface area contributed by atoms with Gasteiger partial charge in [0.2, 0.25) is 11.8 Å². The van der Waals surface area contributed by atoms with Crippen LogP contribution >= 0.6 is 24.0 Å². The van der Waals surface area contributed by atoms with Crippen LogP contribution in [-0.2, 0) is 16.1 Å². The summed E-state index contributed by atoms with van der Waals surface area (Å²) in [7, 11) is 1.66. The van der Waals surface area contributed by atoms with Gasteiger partial charge in [-0.25, -0.2) is 0 Å². The Morgan fingerprint density at radius 1 is 1.11 bits per heavy atom. The van der Waals surface area contributed by atoms with Crippen LogP contribution in [-0.4, -0.2) is 54.9 Å². The molecule has 200 valence electrons. The molecule has 1 N–H and O–H groups in total. The highest BCUT2D eigenvalue weighted by Gasteiger charge is 2.47. The van der Waals surface area contributed by atoms with Gasteiger partial charge in [-0.15, -0.1) is 12.4 Å². The van der Waals surface area contributed by atoms with Crippen LogP contribution < -0.4 is 10.1 Å². The fourth-order valence-electron chi connectivity index (χ4n) is 5.66. The Balaban J connectivity index is 0.00000320. The number of piperidine rings is 1. The number of amides is 2. The Kier molecular flexibility index (Phi) is 9.04. The number of carbonyl (C=O) groups excluding carboxylic acids is 2. The van der Waals surface area contributed by atoms with E-state index < -0.39 is 0 Å². The lowest BCUT2D eigenvalue weighted by atomic mass is 9.77. The summed E-state index contributed by atoms with van der Waals surface area (Å²) in [5, 5.41) is 3.95. The van der Waals surface area contributed by atoms with Crippen LogP contribution in [0.2, 0.25) is 5.02 Å². The van der Waals surface area contributed by atoms with Crippen LogP contribution in [0.25, 0.3) is 0 Å². The van der Waals surface area contributed by atoms with E-state index in [-0.39, 0.29) is 35.7 Å². The predicted octanol–water partition coefficient (Wildman–Crippen LogP) is 5.24. The van der Waals surface area contributed by atoms with Crippen molar-refractivity contribution in [2.24, 2.45) is 11.3 Å². The molecule has 1 spiro atoms. The van der Waals surface area contributed by atoms with E-state index in [0.29, 0.717) is 17.5 Å². The molecule has 2 amide bonds. The van der Waals surface area contributed by atoms with Crippen molar-refractivity contribution in [2.45, 2.75) is 51.1 Å². The fraction of sp³-hybridized carbons (Fsp3) is 0.517. The molecule has 3 fully saturated rings. The molecule has 2 aromatic rings. The summed E-state index contributed by atoms with van der Waals surface area (Å²) >= 11 is 6.24. The number of nitrogens with one attached hydrogen (secondary N) is 1. The summed E-state index contributed by atoms with van der Waals surface area (Å²) in [6, 6.07) is 15.8. The lowest BCUT2D eigenvalue weighted by Crippen LogP contribution is -2.45. The molecule has 0 radical (unpaired) electrons. The molecule has 8 heteroatoms. The van der Waals surface area contributed by atoms with E-state index in [9.17, 15) is 9.59 Å². The normalized spacial score (nSPS) is 19.9. The summed E-state index contributed by atoms with van der Waals surface area (Å²) in [5.41, 5.74) is 1.99. The number of benzene rings is 2. The maximum Gasteiger partial charge on any atom is 0.229 e. The van der Waals surface area contributed by atoms with Gasteiger partial charge in [-0.3, -0.25) is 9.59 Å².